The predicted molar refractivity (Wildman–Crippen MR) is 73.7 cm³/mol. The molecule has 0 radical (unpaired) electrons. The average Bonchev–Trinajstić information content (AvgIpc) is 3.22. The number of hydrogen-bond acceptors (Lipinski definition) is 3. The van der Waals surface area contributed by atoms with Crippen LogP contribution in [-0.2, 0) is 6.54 Å². The van der Waals surface area contributed by atoms with Gasteiger partial charge in [0.1, 0.15) is 5.75 Å². The summed E-state index contributed by atoms with van der Waals surface area (Å²) in [6.45, 7) is 6.10. The number of pyridine rings is 1. The van der Waals surface area contributed by atoms with E-state index in [2.05, 4.69) is 30.2 Å². The number of nitrogens with one attached hydrogen (secondary N) is 1. The summed E-state index contributed by atoms with van der Waals surface area (Å²) in [7, 11) is 0. The molecule has 1 fully saturated rings. The predicted octanol–water partition coefficient (Wildman–Crippen LogP) is 3.15. The zero-order valence-electron chi connectivity index (χ0n) is 11.5. The Bertz CT molecular complexity index is 359. The molecule has 1 saturated carbocycles. The van der Waals surface area contributed by atoms with Crippen LogP contribution in [0.15, 0.2) is 18.3 Å². The fraction of sp³-hybridized carbons (Fsp3) is 0.667. The Morgan fingerprint density at radius 2 is 2.17 bits per heavy atom. The van der Waals surface area contributed by atoms with Crippen molar-refractivity contribution in [1.29, 1.82) is 0 Å². The van der Waals surface area contributed by atoms with Crippen molar-refractivity contribution in [2.45, 2.75) is 52.1 Å². The Morgan fingerprint density at radius 3 is 2.83 bits per heavy atom. The fourth-order valence-corrected chi connectivity index (χ4v) is 1.92. The highest BCUT2D eigenvalue weighted by Crippen LogP contribution is 2.20. The van der Waals surface area contributed by atoms with Gasteiger partial charge >= 0.3 is 0 Å². The van der Waals surface area contributed by atoms with Gasteiger partial charge in [0.15, 0.2) is 0 Å². The lowest BCUT2D eigenvalue weighted by Gasteiger charge is -2.14. The molecule has 1 heterocycles. The maximum Gasteiger partial charge on any atom is 0.122 e. The molecule has 0 amide bonds. The summed E-state index contributed by atoms with van der Waals surface area (Å²) in [5, 5.41) is 3.47. The minimum absolute atomic E-state index is 0.659. The highest BCUT2D eigenvalue weighted by atomic mass is 16.5. The van der Waals surface area contributed by atoms with E-state index in [1.54, 1.807) is 0 Å². The molecule has 0 atom stereocenters. The summed E-state index contributed by atoms with van der Waals surface area (Å²) in [4.78, 5) is 4.36. The zero-order chi connectivity index (χ0) is 12.8. The summed E-state index contributed by atoms with van der Waals surface area (Å²) >= 11 is 0. The third-order valence-corrected chi connectivity index (χ3v) is 3.58. The standard InChI is InChI=1S/C15H24N2O/c1-3-12(4-2)11-18-15-7-8-16-14(9-15)10-17-13-5-6-13/h7-9,12-13,17H,3-6,10-11H2,1-2H3. The molecule has 3 heteroatoms. The summed E-state index contributed by atoms with van der Waals surface area (Å²) < 4.78 is 5.85. The first-order valence-corrected chi connectivity index (χ1v) is 7.13. The quantitative estimate of drug-likeness (QED) is 0.767. The lowest BCUT2D eigenvalue weighted by Crippen LogP contribution is -2.16. The van der Waals surface area contributed by atoms with E-state index in [9.17, 15) is 0 Å². The van der Waals surface area contributed by atoms with Crippen molar-refractivity contribution in [3.05, 3.63) is 24.0 Å². The van der Waals surface area contributed by atoms with Gasteiger partial charge in [-0.1, -0.05) is 26.7 Å². The molecular formula is C15H24N2O. The number of rotatable bonds is 8. The molecular weight excluding hydrogens is 224 g/mol. The minimum Gasteiger partial charge on any atom is -0.493 e. The largest absolute Gasteiger partial charge is 0.493 e. The van der Waals surface area contributed by atoms with E-state index in [1.807, 2.05) is 12.3 Å². The topological polar surface area (TPSA) is 34.1 Å². The van der Waals surface area contributed by atoms with Gasteiger partial charge in [-0.05, 0) is 24.8 Å². The van der Waals surface area contributed by atoms with Crippen LogP contribution in [0.4, 0.5) is 0 Å². The van der Waals surface area contributed by atoms with Crippen molar-refractivity contribution >= 4 is 0 Å². The number of hydrogen-bond donors (Lipinski definition) is 1. The Morgan fingerprint density at radius 1 is 1.39 bits per heavy atom. The lowest BCUT2D eigenvalue weighted by molar-refractivity contribution is 0.240. The van der Waals surface area contributed by atoms with Crippen LogP contribution in [-0.4, -0.2) is 17.6 Å². The molecule has 0 spiro atoms. The summed E-state index contributed by atoms with van der Waals surface area (Å²) in [5.74, 6) is 1.61. The molecule has 1 N–H and O–H groups in total. The molecule has 18 heavy (non-hydrogen) atoms. The molecule has 3 nitrogen and oxygen atoms in total. The third kappa shape index (κ3) is 4.30. The SMILES string of the molecule is CCC(CC)COc1ccnc(CNC2CC2)c1. The van der Waals surface area contributed by atoms with Gasteiger partial charge < -0.3 is 10.1 Å². The van der Waals surface area contributed by atoms with Gasteiger partial charge in [0, 0.05) is 24.8 Å². The highest BCUT2D eigenvalue weighted by Gasteiger charge is 2.20. The molecule has 0 aliphatic heterocycles. The van der Waals surface area contributed by atoms with Crippen LogP contribution < -0.4 is 10.1 Å². The molecule has 0 bridgehead atoms. The van der Waals surface area contributed by atoms with Gasteiger partial charge in [-0.15, -0.1) is 0 Å². The third-order valence-electron chi connectivity index (χ3n) is 3.58. The van der Waals surface area contributed by atoms with E-state index in [1.165, 1.54) is 25.7 Å². The molecule has 1 aliphatic rings. The lowest BCUT2D eigenvalue weighted by atomic mass is 10.1. The molecule has 1 aliphatic carbocycles. The molecule has 100 valence electrons. The Labute approximate surface area is 110 Å². The molecule has 1 aromatic heterocycles. The Balaban J connectivity index is 1.81. The van der Waals surface area contributed by atoms with Crippen LogP contribution in [0.2, 0.25) is 0 Å². The highest BCUT2D eigenvalue weighted by molar-refractivity contribution is 5.22. The Hall–Kier alpha value is -1.09. The van der Waals surface area contributed by atoms with Crippen molar-refractivity contribution in [3.8, 4) is 5.75 Å². The van der Waals surface area contributed by atoms with Crippen molar-refractivity contribution in [2.75, 3.05) is 6.61 Å². The summed E-state index contributed by atoms with van der Waals surface area (Å²) in [6.07, 6.45) is 6.82. The smallest absolute Gasteiger partial charge is 0.122 e. The second-order valence-corrected chi connectivity index (χ2v) is 5.13. The van der Waals surface area contributed by atoms with Crippen LogP contribution in [0.1, 0.15) is 45.2 Å². The van der Waals surface area contributed by atoms with Crippen molar-refractivity contribution in [1.82, 2.24) is 10.3 Å². The van der Waals surface area contributed by atoms with Crippen molar-refractivity contribution in [2.24, 2.45) is 5.92 Å². The maximum absolute atomic E-state index is 5.85. The monoisotopic (exact) mass is 248 g/mol. The van der Waals surface area contributed by atoms with E-state index in [4.69, 9.17) is 4.74 Å². The van der Waals surface area contributed by atoms with Gasteiger partial charge in [0.05, 0.1) is 12.3 Å². The van der Waals surface area contributed by atoms with E-state index in [0.29, 0.717) is 5.92 Å². The van der Waals surface area contributed by atoms with Crippen molar-refractivity contribution in [3.63, 3.8) is 0 Å². The van der Waals surface area contributed by atoms with Crippen molar-refractivity contribution < 1.29 is 4.74 Å². The van der Waals surface area contributed by atoms with E-state index >= 15 is 0 Å². The molecule has 0 aromatic carbocycles. The molecule has 0 unspecified atom stereocenters. The van der Waals surface area contributed by atoms with Gasteiger partial charge in [-0.2, -0.15) is 0 Å². The first kappa shape index (κ1) is 13.3. The summed E-state index contributed by atoms with van der Waals surface area (Å²) in [6, 6.07) is 4.72. The van der Waals surface area contributed by atoms with Gasteiger partial charge in [0.2, 0.25) is 0 Å². The molecule has 1 aromatic rings. The minimum atomic E-state index is 0.659. The van der Waals surface area contributed by atoms with Crippen LogP contribution >= 0.6 is 0 Å². The van der Waals surface area contributed by atoms with Gasteiger partial charge in [-0.25, -0.2) is 0 Å². The molecule has 0 saturated heterocycles. The van der Waals surface area contributed by atoms with Crippen LogP contribution in [0.25, 0.3) is 0 Å². The zero-order valence-corrected chi connectivity index (χ0v) is 11.5. The summed E-state index contributed by atoms with van der Waals surface area (Å²) in [5.41, 5.74) is 1.07. The van der Waals surface area contributed by atoms with E-state index < -0.39 is 0 Å². The number of ether oxygens (including phenoxy) is 1. The normalized spacial score (nSPS) is 15.1. The second kappa shape index (κ2) is 6.74. The Kier molecular flexibility index (Phi) is 5.00. The molecule has 2 rings (SSSR count). The van der Waals surface area contributed by atoms with Crippen LogP contribution in [0, 0.1) is 5.92 Å². The first-order chi connectivity index (χ1) is 8.81. The average molecular weight is 248 g/mol. The van der Waals surface area contributed by atoms with Gasteiger partial charge in [0.25, 0.3) is 0 Å². The number of nitrogens with zero attached hydrogens (tertiary/aromatic N) is 1. The fourth-order valence-electron chi connectivity index (χ4n) is 1.92. The van der Waals surface area contributed by atoms with Crippen LogP contribution in [0.5, 0.6) is 5.75 Å². The second-order valence-electron chi connectivity index (χ2n) is 5.13. The van der Waals surface area contributed by atoms with Gasteiger partial charge in [-0.3, -0.25) is 4.98 Å². The maximum atomic E-state index is 5.85. The van der Waals surface area contributed by atoms with E-state index in [0.717, 1.165) is 30.6 Å². The number of aromatic nitrogens is 1. The van der Waals surface area contributed by atoms with Crippen LogP contribution in [0.3, 0.4) is 0 Å². The first-order valence-electron chi connectivity index (χ1n) is 7.13. The van der Waals surface area contributed by atoms with E-state index in [-0.39, 0.29) is 0 Å².